The van der Waals surface area contributed by atoms with Gasteiger partial charge in [-0.15, -0.1) is 0 Å². The Balaban J connectivity index is 1.15. The van der Waals surface area contributed by atoms with Gasteiger partial charge in [0, 0.05) is 23.5 Å². The molecule has 0 amide bonds. The van der Waals surface area contributed by atoms with Gasteiger partial charge >= 0.3 is 0 Å². The van der Waals surface area contributed by atoms with Gasteiger partial charge in [0.15, 0.2) is 0 Å². The van der Waals surface area contributed by atoms with Crippen LogP contribution in [0.15, 0.2) is 48.9 Å². The SMILES string of the molecule is Cc1ncnc2c1ccn2[C@@H]1C[C@H](CCc2ccc3ccc(NCC4CC4)nc3c2)[C@@H](O)[C@H]1O. The van der Waals surface area contributed by atoms with Crippen LogP contribution in [0.4, 0.5) is 5.82 Å². The molecule has 2 aliphatic rings. The molecule has 3 aromatic heterocycles. The Hall–Kier alpha value is -3.03. The molecule has 4 aromatic rings. The van der Waals surface area contributed by atoms with E-state index in [2.05, 4.69) is 45.6 Å². The lowest BCUT2D eigenvalue weighted by atomic mass is 9.95. The summed E-state index contributed by atoms with van der Waals surface area (Å²) in [6.07, 6.45) is 6.97. The zero-order valence-corrected chi connectivity index (χ0v) is 19.4. The minimum absolute atomic E-state index is 0.0237. The second kappa shape index (κ2) is 8.64. The second-order valence-electron chi connectivity index (χ2n) is 10.1. The first-order valence-electron chi connectivity index (χ1n) is 12.3. The third kappa shape index (κ3) is 4.03. The molecule has 0 radical (unpaired) electrons. The summed E-state index contributed by atoms with van der Waals surface area (Å²) in [5, 5.41) is 27.3. The molecule has 3 heterocycles. The Kier molecular flexibility index (Phi) is 5.46. The number of aliphatic hydroxyl groups is 2. The Morgan fingerprint density at radius 3 is 2.76 bits per heavy atom. The van der Waals surface area contributed by atoms with Gasteiger partial charge in [-0.2, -0.15) is 0 Å². The van der Waals surface area contributed by atoms with E-state index in [1.54, 1.807) is 6.33 Å². The number of hydrogen-bond donors (Lipinski definition) is 3. The van der Waals surface area contributed by atoms with Crippen molar-refractivity contribution in [1.29, 1.82) is 0 Å². The molecule has 0 unspecified atom stereocenters. The number of nitrogens with one attached hydrogen (secondary N) is 1. The normalized spacial score (nSPS) is 24.8. The van der Waals surface area contributed by atoms with Crippen molar-refractivity contribution in [2.24, 2.45) is 11.8 Å². The quantitative estimate of drug-likeness (QED) is 0.388. The Morgan fingerprint density at radius 2 is 1.91 bits per heavy atom. The van der Waals surface area contributed by atoms with Gasteiger partial charge in [0.1, 0.15) is 23.9 Å². The summed E-state index contributed by atoms with van der Waals surface area (Å²) < 4.78 is 2.01. The Bertz CT molecular complexity index is 1330. The molecule has 34 heavy (non-hydrogen) atoms. The molecule has 7 heteroatoms. The molecule has 2 fully saturated rings. The molecule has 1 aromatic carbocycles. The zero-order chi connectivity index (χ0) is 23.2. The van der Waals surface area contributed by atoms with Gasteiger partial charge in [0.25, 0.3) is 0 Å². The smallest absolute Gasteiger partial charge is 0.143 e. The van der Waals surface area contributed by atoms with Gasteiger partial charge < -0.3 is 20.1 Å². The fourth-order valence-corrected chi connectivity index (χ4v) is 5.37. The van der Waals surface area contributed by atoms with Crippen LogP contribution in [0.5, 0.6) is 0 Å². The van der Waals surface area contributed by atoms with Gasteiger partial charge in [0.2, 0.25) is 0 Å². The predicted octanol–water partition coefficient (Wildman–Crippen LogP) is 4.03. The number of benzene rings is 1. The average molecular weight is 458 g/mol. The maximum absolute atomic E-state index is 10.9. The van der Waals surface area contributed by atoms with Gasteiger partial charge in [-0.25, -0.2) is 15.0 Å². The van der Waals surface area contributed by atoms with Crippen LogP contribution in [0.2, 0.25) is 0 Å². The first-order chi connectivity index (χ1) is 16.6. The first kappa shape index (κ1) is 21.5. The third-order valence-electron chi connectivity index (χ3n) is 7.67. The number of nitrogens with zero attached hydrogens (tertiary/aromatic N) is 4. The number of pyridine rings is 1. The number of hydrogen-bond acceptors (Lipinski definition) is 6. The molecule has 6 rings (SSSR count). The molecular formula is C27H31N5O2. The number of anilines is 1. The van der Waals surface area contributed by atoms with Crippen molar-refractivity contribution in [2.45, 2.75) is 57.3 Å². The molecular weight excluding hydrogens is 426 g/mol. The van der Waals surface area contributed by atoms with E-state index < -0.39 is 12.2 Å². The number of fused-ring (bicyclic) bond motifs is 2. The van der Waals surface area contributed by atoms with Crippen molar-refractivity contribution >= 4 is 27.8 Å². The van der Waals surface area contributed by atoms with Crippen LogP contribution in [-0.2, 0) is 6.42 Å². The summed E-state index contributed by atoms with van der Waals surface area (Å²) in [7, 11) is 0. The summed E-state index contributed by atoms with van der Waals surface area (Å²) in [5.41, 5.74) is 3.94. The lowest BCUT2D eigenvalue weighted by Crippen LogP contribution is -2.29. The summed E-state index contributed by atoms with van der Waals surface area (Å²) in [5.74, 6) is 1.77. The maximum atomic E-state index is 10.9. The van der Waals surface area contributed by atoms with E-state index in [9.17, 15) is 10.2 Å². The zero-order valence-electron chi connectivity index (χ0n) is 19.4. The van der Waals surface area contributed by atoms with Crippen LogP contribution in [0, 0.1) is 18.8 Å². The largest absolute Gasteiger partial charge is 0.390 e. The number of aryl methyl sites for hydroxylation is 2. The molecule has 3 N–H and O–H groups in total. The summed E-state index contributed by atoms with van der Waals surface area (Å²) in [6.45, 7) is 2.96. The summed E-state index contributed by atoms with van der Waals surface area (Å²) in [4.78, 5) is 13.5. The van der Waals surface area contributed by atoms with Gasteiger partial charge in [-0.05, 0) is 80.7 Å². The Morgan fingerprint density at radius 1 is 1.06 bits per heavy atom. The standard InChI is InChI=1S/C27H31N5O2/c1-16-21-10-11-32(27(21)30-15-29-16)23-13-20(25(33)26(23)34)7-5-17-4-6-19-8-9-24(31-22(19)12-17)28-14-18-2-3-18/h4,6,8-12,15,18,20,23,25-26,33-34H,2-3,5,7,13-14H2,1H3,(H,28,31)/t20-,23+,25+,26-/m0/s1. The number of rotatable bonds is 7. The third-order valence-corrected chi connectivity index (χ3v) is 7.67. The molecule has 2 saturated carbocycles. The van der Waals surface area contributed by atoms with E-state index in [1.807, 2.05) is 23.8 Å². The molecule has 0 bridgehead atoms. The van der Waals surface area contributed by atoms with Crippen LogP contribution < -0.4 is 5.32 Å². The van der Waals surface area contributed by atoms with E-state index in [0.717, 1.165) is 65.2 Å². The van der Waals surface area contributed by atoms with Crippen molar-refractivity contribution in [2.75, 3.05) is 11.9 Å². The molecule has 0 saturated heterocycles. The average Bonchev–Trinajstić information content (AvgIpc) is 3.52. The predicted molar refractivity (Wildman–Crippen MR) is 133 cm³/mol. The molecule has 7 nitrogen and oxygen atoms in total. The van der Waals surface area contributed by atoms with E-state index in [0.29, 0.717) is 0 Å². The molecule has 176 valence electrons. The van der Waals surface area contributed by atoms with Crippen LogP contribution >= 0.6 is 0 Å². The first-order valence-corrected chi connectivity index (χ1v) is 12.3. The van der Waals surface area contributed by atoms with Crippen LogP contribution in [-0.4, -0.2) is 48.5 Å². The molecule has 4 atom stereocenters. The van der Waals surface area contributed by atoms with E-state index in [-0.39, 0.29) is 12.0 Å². The lowest BCUT2D eigenvalue weighted by molar-refractivity contribution is 0.00545. The van der Waals surface area contributed by atoms with Gasteiger partial charge in [0.05, 0.1) is 23.4 Å². The summed E-state index contributed by atoms with van der Waals surface area (Å²) in [6, 6.07) is 12.4. The van der Waals surface area contributed by atoms with E-state index in [1.165, 1.54) is 18.4 Å². The van der Waals surface area contributed by atoms with Crippen LogP contribution in [0.25, 0.3) is 21.9 Å². The highest BCUT2D eigenvalue weighted by Crippen LogP contribution is 2.39. The van der Waals surface area contributed by atoms with Crippen molar-refractivity contribution < 1.29 is 10.2 Å². The minimum Gasteiger partial charge on any atom is -0.390 e. The molecule has 0 aliphatic heterocycles. The van der Waals surface area contributed by atoms with E-state index in [4.69, 9.17) is 4.98 Å². The highest BCUT2D eigenvalue weighted by atomic mass is 16.3. The van der Waals surface area contributed by atoms with Crippen molar-refractivity contribution in [1.82, 2.24) is 19.5 Å². The summed E-state index contributed by atoms with van der Waals surface area (Å²) >= 11 is 0. The highest BCUT2D eigenvalue weighted by molar-refractivity contribution is 5.81. The number of aromatic nitrogens is 4. The van der Waals surface area contributed by atoms with Crippen molar-refractivity contribution in [3.8, 4) is 0 Å². The monoisotopic (exact) mass is 457 g/mol. The topological polar surface area (TPSA) is 96.1 Å². The molecule has 2 aliphatic carbocycles. The molecule has 0 spiro atoms. The minimum atomic E-state index is -0.811. The van der Waals surface area contributed by atoms with Crippen molar-refractivity contribution in [3.63, 3.8) is 0 Å². The van der Waals surface area contributed by atoms with Crippen molar-refractivity contribution in [3.05, 3.63) is 60.2 Å². The van der Waals surface area contributed by atoms with Crippen LogP contribution in [0.3, 0.4) is 0 Å². The Labute approximate surface area is 198 Å². The van der Waals surface area contributed by atoms with Gasteiger partial charge in [-0.3, -0.25) is 0 Å². The lowest BCUT2D eigenvalue weighted by Gasteiger charge is -2.19. The highest BCUT2D eigenvalue weighted by Gasteiger charge is 2.42. The fraction of sp³-hybridized carbons (Fsp3) is 0.444. The van der Waals surface area contributed by atoms with Crippen LogP contribution in [0.1, 0.15) is 43.0 Å². The fourth-order valence-electron chi connectivity index (χ4n) is 5.37. The number of aliphatic hydroxyl groups excluding tert-OH is 2. The maximum Gasteiger partial charge on any atom is 0.143 e. The van der Waals surface area contributed by atoms with Gasteiger partial charge in [-0.1, -0.05) is 12.1 Å². The second-order valence-corrected chi connectivity index (χ2v) is 10.1. The van der Waals surface area contributed by atoms with E-state index >= 15 is 0 Å².